The SMILES string of the molecule is C=C(/C=C(\N=C/C)C(C)(C)C)/C=C/C. The summed E-state index contributed by atoms with van der Waals surface area (Å²) in [5.41, 5.74) is 2.11. The molecule has 14 heavy (non-hydrogen) atoms. The van der Waals surface area contributed by atoms with Crippen LogP contribution in [0.15, 0.2) is 41.1 Å². The van der Waals surface area contributed by atoms with E-state index in [2.05, 4.69) is 32.3 Å². The summed E-state index contributed by atoms with van der Waals surface area (Å²) < 4.78 is 0. The fourth-order valence-corrected chi connectivity index (χ4v) is 1.02. The molecule has 0 unspecified atom stereocenters. The van der Waals surface area contributed by atoms with Gasteiger partial charge in [0.05, 0.1) is 0 Å². The van der Waals surface area contributed by atoms with Crippen molar-refractivity contribution in [3.63, 3.8) is 0 Å². The van der Waals surface area contributed by atoms with E-state index >= 15 is 0 Å². The molecule has 0 radical (unpaired) electrons. The second-order valence-corrected chi connectivity index (χ2v) is 4.24. The van der Waals surface area contributed by atoms with Crippen LogP contribution in [0.1, 0.15) is 34.6 Å². The lowest BCUT2D eigenvalue weighted by atomic mass is 9.91. The Balaban J connectivity index is 4.92. The number of aliphatic imine (C=N–C) groups is 1. The van der Waals surface area contributed by atoms with Crippen molar-refractivity contribution in [2.24, 2.45) is 10.4 Å². The highest BCUT2D eigenvalue weighted by atomic mass is 14.7. The zero-order chi connectivity index (χ0) is 11.2. The number of hydrogen-bond acceptors (Lipinski definition) is 1. The van der Waals surface area contributed by atoms with Gasteiger partial charge in [-0.05, 0) is 25.5 Å². The molecule has 0 atom stereocenters. The Hall–Kier alpha value is -1.11. The average Bonchev–Trinajstić information content (AvgIpc) is 2.02. The van der Waals surface area contributed by atoms with Gasteiger partial charge in [-0.3, -0.25) is 4.99 Å². The van der Waals surface area contributed by atoms with Crippen LogP contribution in [0.5, 0.6) is 0 Å². The lowest BCUT2D eigenvalue weighted by Crippen LogP contribution is -2.07. The molecule has 1 heteroatoms. The normalized spacial score (nSPS) is 14.2. The van der Waals surface area contributed by atoms with Gasteiger partial charge in [-0.15, -0.1) is 0 Å². The summed E-state index contributed by atoms with van der Waals surface area (Å²) in [5, 5.41) is 0. The Morgan fingerprint density at radius 2 is 1.79 bits per heavy atom. The second-order valence-electron chi connectivity index (χ2n) is 4.24. The monoisotopic (exact) mass is 191 g/mol. The van der Waals surface area contributed by atoms with Gasteiger partial charge in [0.15, 0.2) is 0 Å². The third-order valence-corrected chi connectivity index (χ3v) is 1.74. The first-order valence-corrected chi connectivity index (χ1v) is 4.94. The summed E-state index contributed by atoms with van der Waals surface area (Å²) in [5.74, 6) is 0. The van der Waals surface area contributed by atoms with E-state index in [4.69, 9.17) is 0 Å². The molecule has 0 aliphatic carbocycles. The molecule has 0 saturated heterocycles. The van der Waals surface area contributed by atoms with Crippen LogP contribution in [0, 0.1) is 5.41 Å². The van der Waals surface area contributed by atoms with Crippen LogP contribution in [-0.2, 0) is 0 Å². The van der Waals surface area contributed by atoms with E-state index in [0.717, 1.165) is 11.3 Å². The molecule has 0 rings (SSSR count). The van der Waals surface area contributed by atoms with Gasteiger partial charge in [-0.1, -0.05) is 39.5 Å². The third-order valence-electron chi connectivity index (χ3n) is 1.74. The molecule has 0 heterocycles. The van der Waals surface area contributed by atoms with E-state index < -0.39 is 0 Å². The Kier molecular flexibility index (Phi) is 5.14. The molecule has 0 aliphatic heterocycles. The quantitative estimate of drug-likeness (QED) is 0.469. The molecule has 0 aliphatic rings. The van der Waals surface area contributed by atoms with Gasteiger partial charge in [0, 0.05) is 17.3 Å². The molecule has 0 saturated carbocycles. The first-order chi connectivity index (χ1) is 6.41. The molecule has 0 aromatic carbocycles. The topological polar surface area (TPSA) is 12.4 Å². The Morgan fingerprint density at radius 3 is 2.14 bits per heavy atom. The summed E-state index contributed by atoms with van der Waals surface area (Å²) in [6, 6.07) is 0. The van der Waals surface area contributed by atoms with Crippen LogP contribution in [-0.4, -0.2) is 6.21 Å². The Labute approximate surface area is 87.9 Å². The van der Waals surface area contributed by atoms with Gasteiger partial charge in [-0.2, -0.15) is 0 Å². The van der Waals surface area contributed by atoms with Crippen LogP contribution < -0.4 is 0 Å². The van der Waals surface area contributed by atoms with Gasteiger partial charge in [-0.25, -0.2) is 0 Å². The van der Waals surface area contributed by atoms with Crippen LogP contribution in [0.3, 0.4) is 0 Å². The largest absolute Gasteiger partial charge is 0.265 e. The Morgan fingerprint density at radius 1 is 1.21 bits per heavy atom. The van der Waals surface area contributed by atoms with Crippen molar-refractivity contribution in [3.8, 4) is 0 Å². The van der Waals surface area contributed by atoms with Crippen LogP contribution >= 0.6 is 0 Å². The van der Waals surface area contributed by atoms with Crippen molar-refractivity contribution in [3.05, 3.63) is 36.1 Å². The maximum absolute atomic E-state index is 4.36. The van der Waals surface area contributed by atoms with E-state index in [-0.39, 0.29) is 5.41 Å². The highest BCUT2D eigenvalue weighted by molar-refractivity contribution is 5.56. The van der Waals surface area contributed by atoms with Gasteiger partial charge < -0.3 is 0 Å². The molecule has 0 spiro atoms. The first kappa shape index (κ1) is 12.9. The van der Waals surface area contributed by atoms with Gasteiger partial charge in [0.2, 0.25) is 0 Å². The van der Waals surface area contributed by atoms with Crippen LogP contribution in [0.25, 0.3) is 0 Å². The molecule has 0 amide bonds. The summed E-state index contributed by atoms with van der Waals surface area (Å²) in [6.45, 7) is 14.3. The molecule has 0 fully saturated rings. The molecule has 78 valence electrons. The van der Waals surface area contributed by atoms with Crippen molar-refractivity contribution in [2.75, 3.05) is 0 Å². The van der Waals surface area contributed by atoms with Gasteiger partial charge in [0.25, 0.3) is 0 Å². The molecule has 0 bridgehead atoms. The fourth-order valence-electron chi connectivity index (χ4n) is 1.02. The van der Waals surface area contributed by atoms with E-state index in [9.17, 15) is 0 Å². The maximum Gasteiger partial charge on any atom is 0.0458 e. The number of allylic oxidation sites excluding steroid dienone is 5. The van der Waals surface area contributed by atoms with E-state index in [1.54, 1.807) is 0 Å². The minimum absolute atomic E-state index is 0.0665. The number of hydrogen-bond donors (Lipinski definition) is 0. The summed E-state index contributed by atoms with van der Waals surface area (Å²) in [4.78, 5) is 4.36. The van der Waals surface area contributed by atoms with E-state index in [1.807, 2.05) is 38.3 Å². The summed E-state index contributed by atoms with van der Waals surface area (Å²) in [6.07, 6.45) is 7.81. The van der Waals surface area contributed by atoms with Gasteiger partial charge >= 0.3 is 0 Å². The highest BCUT2D eigenvalue weighted by Crippen LogP contribution is 2.27. The zero-order valence-corrected chi connectivity index (χ0v) is 9.96. The maximum atomic E-state index is 4.36. The highest BCUT2D eigenvalue weighted by Gasteiger charge is 2.15. The second kappa shape index (κ2) is 5.58. The zero-order valence-electron chi connectivity index (χ0n) is 9.96. The molecular formula is C13H21N. The third kappa shape index (κ3) is 4.80. The molecule has 0 aromatic heterocycles. The van der Waals surface area contributed by atoms with Crippen LogP contribution in [0.4, 0.5) is 0 Å². The van der Waals surface area contributed by atoms with Crippen LogP contribution in [0.2, 0.25) is 0 Å². The summed E-state index contributed by atoms with van der Waals surface area (Å²) in [7, 11) is 0. The van der Waals surface area contributed by atoms with Crippen molar-refractivity contribution >= 4 is 6.21 Å². The van der Waals surface area contributed by atoms with E-state index in [1.165, 1.54) is 0 Å². The standard InChI is InChI=1S/C13H21N/c1-7-9-11(3)10-12(14-8-2)13(4,5)6/h7-10H,3H2,1-2,4-6H3/b9-7+,12-10-,14-8-. The molecular weight excluding hydrogens is 170 g/mol. The minimum Gasteiger partial charge on any atom is -0.265 e. The lowest BCUT2D eigenvalue weighted by Gasteiger charge is -2.19. The molecule has 0 N–H and O–H groups in total. The van der Waals surface area contributed by atoms with Crippen molar-refractivity contribution in [1.82, 2.24) is 0 Å². The lowest BCUT2D eigenvalue weighted by molar-refractivity contribution is 0.498. The number of nitrogens with zero attached hydrogens (tertiary/aromatic N) is 1. The van der Waals surface area contributed by atoms with Gasteiger partial charge in [0.1, 0.15) is 0 Å². The summed E-state index contributed by atoms with van der Waals surface area (Å²) >= 11 is 0. The minimum atomic E-state index is 0.0665. The smallest absolute Gasteiger partial charge is 0.0458 e. The predicted molar refractivity (Wildman–Crippen MR) is 65.7 cm³/mol. The first-order valence-electron chi connectivity index (χ1n) is 4.94. The Bertz CT molecular complexity index is 272. The number of rotatable bonds is 3. The van der Waals surface area contributed by atoms with E-state index in [0.29, 0.717) is 0 Å². The fraction of sp³-hybridized carbons (Fsp3) is 0.462. The molecule has 1 nitrogen and oxygen atoms in total. The average molecular weight is 191 g/mol. The van der Waals surface area contributed by atoms with Crippen molar-refractivity contribution in [1.29, 1.82) is 0 Å². The molecule has 0 aromatic rings. The predicted octanol–water partition coefficient (Wildman–Crippen LogP) is 4.14. The van der Waals surface area contributed by atoms with Crippen molar-refractivity contribution in [2.45, 2.75) is 34.6 Å². The van der Waals surface area contributed by atoms with Crippen molar-refractivity contribution < 1.29 is 0 Å².